The number of amides is 1. The van der Waals surface area contributed by atoms with Crippen molar-refractivity contribution in [2.45, 2.75) is 43.4 Å². The molecule has 36 heavy (non-hydrogen) atoms. The van der Waals surface area contributed by atoms with Crippen molar-refractivity contribution in [2.75, 3.05) is 5.32 Å². The summed E-state index contributed by atoms with van der Waals surface area (Å²) < 4.78 is 69.5. The van der Waals surface area contributed by atoms with Gasteiger partial charge in [0.15, 0.2) is 0 Å². The number of alkyl halides is 3. The third kappa shape index (κ3) is 6.68. The molecule has 2 aromatic heterocycles. The topological polar surface area (TPSA) is 123 Å². The van der Waals surface area contributed by atoms with E-state index in [1.807, 2.05) is 0 Å². The minimum atomic E-state index is -4.89. The summed E-state index contributed by atoms with van der Waals surface area (Å²) in [6, 6.07) is 5.68. The lowest BCUT2D eigenvalue weighted by Gasteiger charge is -2.22. The maximum absolute atomic E-state index is 13.7. The smallest absolute Gasteiger partial charge is 0.324 e. The molecule has 0 aliphatic rings. The van der Waals surface area contributed by atoms with E-state index >= 15 is 0 Å². The standard InChI is InChI=1S/C22H21ClF3N5O4S/c1-13-6-7-17(29-21(33)14(2)31-20(32)9-15(23)12-28-31)10-18(13)36(34,35)30-19(22(24,25)26)11-16-5-3-4-8-27-16/h3-10,12,14,19,30H,11H2,1-2H3,(H,29,33)/t14?,19-/m0/s1. The van der Waals surface area contributed by atoms with Crippen molar-refractivity contribution in [1.29, 1.82) is 0 Å². The lowest BCUT2D eigenvalue weighted by Crippen LogP contribution is -2.47. The van der Waals surface area contributed by atoms with Crippen LogP contribution in [0, 0.1) is 6.92 Å². The van der Waals surface area contributed by atoms with Gasteiger partial charge in [-0.2, -0.15) is 23.0 Å². The van der Waals surface area contributed by atoms with E-state index in [0.29, 0.717) is 0 Å². The van der Waals surface area contributed by atoms with E-state index in [4.69, 9.17) is 11.6 Å². The molecule has 1 aromatic carbocycles. The van der Waals surface area contributed by atoms with Gasteiger partial charge in [-0.25, -0.2) is 13.1 Å². The van der Waals surface area contributed by atoms with Gasteiger partial charge in [-0.15, -0.1) is 0 Å². The first-order valence-electron chi connectivity index (χ1n) is 10.4. The molecule has 14 heteroatoms. The number of halogens is 4. The molecule has 0 spiro atoms. The predicted octanol–water partition coefficient (Wildman–Crippen LogP) is 3.25. The quantitative estimate of drug-likeness (QED) is 0.449. The Hall–Kier alpha value is -3.29. The number of carbonyl (C=O) groups is 1. The van der Waals surface area contributed by atoms with Crippen LogP contribution >= 0.6 is 11.6 Å². The normalized spacial score (nSPS) is 13.7. The Morgan fingerprint density at radius 3 is 2.53 bits per heavy atom. The Kier molecular flexibility index (Phi) is 8.16. The van der Waals surface area contributed by atoms with E-state index in [-0.39, 0.29) is 22.0 Å². The number of nitrogens with one attached hydrogen (secondary N) is 2. The van der Waals surface area contributed by atoms with Gasteiger partial charge in [0, 0.05) is 30.1 Å². The van der Waals surface area contributed by atoms with Crippen LogP contribution in [-0.4, -0.2) is 41.3 Å². The molecule has 9 nitrogen and oxygen atoms in total. The van der Waals surface area contributed by atoms with Crippen LogP contribution in [0.25, 0.3) is 0 Å². The Morgan fingerprint density at radius 2 is 1.92 bits per heavy atom. The molecule has 0 aliphatic heterocycles. The number of pyridine rings is 1. The van der Waals surface area contributed by atoms with Gasteiger partial charge in [0.2, 0.25) is 15.9 Å². The van der Waals surface area contributed by atoms with Gasteiger partial charge < -0.3 is 5.32 Å². The number of benzene rings is 1. The molecule has 2 heterocycles. The second kappa shape index (κ2) is 10.8. The first kappa shape index (κ1) is 27.3. The molecule has 2 atom stereocenters. The van der Waals surface area contributed by atoms with E-state index in [0.717, 1.165) is 16.8 Å². The summed E-state index contributed by atoms with van der Waals surface area (Å²) >= 11 is 5.70. The summed E-state index contributed by atoms with van der Waals surface area (Å²) in [5, 5.41) is 6.33. The monoisotopic (exact) mass is 543 g/mol. The summed E-state index contributed by atoms with van der Waals surface area (Å²) in [7, 11) is -4.67. The number of sulfonamides is 1. The van der Waals surface area contributed by atoms with E-state index in [2.05, 4.69) is 15.4 Å². The van der Waals surface area contributed by atoms with Crippen LogP contribution < -0.4 is 15.6 Å². The fourth-order valence-electron chi connectivity index (χ4n) is 3.21. The first-order chi connectivity index (χ1) is 16.8. The Balaban J connectivity index is 1.85. The fourth-order valence-corrected chi connectivity index (χ4v) is 4.84. The van der Waals surface area contributed by atoms with E-state index in [1.54, 1.807) is 4.72 Å². The summed E-state index contributed by atoms with van der Waals surface area (Å²) in [6.45, 7) is 2.79. The molecule has 1 unspecified atom stereocenters. The van der Waals surface area contributed by atoms with Crippen LogP contribution in [0.1, 0.15) is 24.2 Å². The van der Waals surface area contributed by atoms with Gasteiger partial charge in [-0.1, -0.05) is 23.7 Å². The number of rotatable bonds is 8. The maximum Gasteiger partial charge on any atom is 0.405 e. The number of aromatic nitrogens is 3. The van der Waals surface area contributed by atoms with Crippen LogP contribution in [0.3, 0.4) is 0 Å². The Morgan fingerprint density at radius 1 is 1.19 bits per heavy atom. The molecule has 0 radical (unpaired) electrons. The minimum Gasteiger partial charge on any atom is -0.324 e. The summed E-state index contributed by atoms with van der Waals surface area (Å²) in [4.78, 5) is 28.1. The highest BCUT2D eigenvalue weighted by Crippen LogP contribution is 2.27. The second-order valence-electron chi connectivity index (χ2n) is 7.84. The van der Waals surface area contributed by atoms with E-state index in [9.17, 15) is 31.2 Å². The van der Waals surface area contributed by atoms with Gasteiger partial charge in [0.05, 0.1) is 16.1 Å². The molecule has 2 N–H and O–H groups in total. The van der Waals surface area contributed by atoms with Gasteiger partial charge in [-0.05, 0) is 43.7 Å². The van der Waals surface area contributed by atoms with Crippen LogP contribution in [0.2, 0.25) is 5.02 Å². The van der Waals surface area contributed by atoms with Crippen molar-refractivity contribution in [3.8, 4) is 0 Å². The minimum absolute atomic E-state index is 0.00637. The molecule has 3 rings (SSSR count). The lowest BCUT2D eigenvalue weighted by molar-refractivity contribution is -0.151. The molecule has 0 bridgehead atoms. The Labute approximate surface area is 209 Å². The third-order valence-corrected chi connectivity index (χ3v) is 6.94. The Bertz CT molecular complexity index is 1420. The highest BCUT2D eigenvalue weighted by atomic mass is 35.5. The van der Waals surface area contributed by atoms with E-state index in [1.165, 1.54) is 56.6 Å². The average molecular weight is 544 g/mol. The highest BCUT2D eigenvalue weighted by molar-refractivity contribution is 7.89. The van der Waals surface area contributed by atoms with Gasteiger partial charge in [0.1, 0.15) is 12.1 Å². The molecular formula is C22H21ClF3N5O4S. The van der Waals surface area contributed by atoms with Crippen molar-refractivity contribution in [1.82, 2.24) is 19.5 Å². The zero-order valence-corrected chi connectivity index (χ0v) is 20.5. The van der Waals surface area contributed by atoms with Crippen LogP contribution in [-0.2, 0) is 21.2 Å². The number of anilines is 1. The number of hydrogen-bond acceptors (Lipinski definition) is 6. The number of hydrogen-bond donors (Lipinski definition) is 2. The van der Waals surface area contributed by atoms with Crippen molar-refractivity contribution < 1.29 is 26.4 Å². The molecule has 1 amide bonds. The molecule has 3 aromatic rings. The van der Waals surface area contributed by atoms with Gasteiger partial charge >= 0.3 is 6.18 Å². The van der Waals surface area contributed by atoms with Crippen LogP contribution in [0.15, 0.2) is 64.5 Å². The lowest BCUT2D eigenvalue weighted by atomic mass is 10.1. The SMILES string of the molecule is Cc1ccc(NC(=O)C(C)n2ncc(Cl)cc2=O)cc1S(=O)(=O)N[C@@H](Cc1ccccn1)C(F)(F)F. The number of nitrogens with zero attached hydrogens (tertiary/aromatic N) is 3. The van der Waals surface area contributed by atoms with Crippen LogP contribution in [0.5, 0.6) is 0 Å². The molecule has 0 saturated heterocycles. The fraction of sp³-hybridized carbons (Fsp3) is 0.273. The number of aryl methyl sites for hydroxylation is 1. The highest BCUT2D eigenvalue weighted by Gasteiger charge is 2.42. The third-order valence-electron chi connectivity index (χ3n) is 5.12. The van der Waals surface area contributed by atoms with Gasteiger partial charge in [-0.3, -0.25) is 14.6 Å². The molecule has 0 saturated carbocycles. The molecule has 192 valence electrons. The van der Waals surface area contributed by atoms with E-state index < -0.39 is 51.1 Å². The maximum atomic E-state index is 13.7. The van der Waals surface area contributed by atoms with Gasteiger partial charge in [0.25, 0.3) is 5.56 Å². The zero-order valence-electron chi connectivity index (χ0n) is 19.0. The second-order valence-corrected chi connectivity index (χ2v) is 9.96. The van der Waals surface area contributed by atoms with Crippen LogP contribution in [0.4, 0.5) is 18.9 Å². The summed E-state index contributed by atoms with van der Waals surface area (Å²) in [5.41, 5.74) is -0.427. The average Bonchev–Trinajstić information content (AvgIpc) is 2.79. The molecule has 0 aliphatic carbocycles. The molecular weight excluding hydrogens is 523 g/mol. The van der Waals surface area contributed by atoms with Crippen molar-refractivity contribution >= 4 is 33.2 Å². The number of carbonyl (C=O) groups excluding carboxylic acids is 1. The largest absolute Gasteiger partial charge is 0.405 e. The summed E-state index contributed by atoms with van der Waals surface area (Å²) in [6.07, 6.45) is -3.11. The molecule has 0 fully saturated rings. The van der Waals surface area contributed by atoms with Crippen molar-refractivity contribution in [2.24, 2.45) is 0 Å². The predicted molar refractivity (Wildman–Crippen MR) is 126 cm³/mol. The van der Waals surface area contributed by atoms with Crippen molar-refractivity contribution in [3.63, 3.8) is 0 Å². The first-order valence-corrected chi connectivity index (χ1v) is 12.3. The summed E-state index contributed by atoms with van der Waals surface area (Å²) in [5.74, 6) is -0.713. The zero-order chi connectivity index (χ0) is 26.7. The van der Waals surface area contributed by atoms with Crippen molar-refractivity contribution in [3.05, 3.63) is 81.5 Å².